The Bertz CT molecular complexity index is 772. The van der Waals surface area contributed by atoms with E-state index in [4.69, 9.17) is 5.10 Å². The number of aromatic nitrogens is 4. The minimum Gasteiger partial charge on any atom is -0.309 e. The van der Waals surface area contributed by atoms with Gasteiger partial charge in [0.1, 0.15) is 0 Å². The number of nitrogens with zero attached hydrogens (tertiary/aromatic N) is 4. The number of rotatable bonds is 2. The molecule has 3 aromatic heterocycles. The molecule has 0 amide bonds. The molecule has 4 heterocycles. The Morgan fingerprint density at radius 2 is 2.10 bits per heavy atom. The van der Waals surface area contributed by atoms with E-state index in [1.54, 1.807) is 12.4 Å². The van der Waals surface area contributed by atoms with Gasteiger partial charge in [0.25, 0.3) is 0 Å². The zero-order valence-electron chi connectivity index (χ0n) is 12.0. The highest BCUT2D eigenvalue weighted by molar-refractivity contribution is 5.63. The van der Waals surface area contributed by atoms with E-state index in [0.717, 1.165) is 41.3 Å². The average Bonchev–Trinajstić information content (AvgIpc) is 3.16. The molecule has 1 saturated heterocycles. The van der Waals surface area contributed by atoms with E-state index in [-0.39, 0.29) is 0 Å². The van der Waals surface area contributed by atoms with Crippen molar-refractivity contribution in [3.05, 3.63) is 48.0 Å². The van der Waals surface area contributed by atoms with Crippen LogP contribution in [0.15, 0.2) is 36.7 Å². The van der Waals surface area contributed by atoms with Gasteiger partial charge in [-0.2, -0.15) is 5.10 Å². The largest absolute Gasteiger partial charge is 0.309 e. The third-order valence-corrected chi connectivity index (χ3v) is 3.97. The summed E-state index contributed by atoms with van der Waals surface area (Å²) in [6.07, 6.45) is 5.97. The standard InChI is InChI=1S/C16H17N5/c1-11-9-15(12-4-7-17-8-5-12)21-16(19-11)10-14(20-21)13-3-2-6-18-13/h4-5,7-10,13,18H,2-3,6H2,1H3. The van der Waals surface area contributed by atoms with Crippen LogP contribution in [-0.2, 0) is 0 Å². The van der Waals surface area contributed by atoms with Crippen molar-refractivity contribution in [3.63, 3.8) is 0 Å². The molecule has 1 atom stereocenters. The summed E-state index contributed by atoms with van der Waals surface area (Å²) in [6.45, 7) is 3.09. The minimum atomic E-state index is 0.359. The number of pyridine rings is 1. The third-order valence-electron chi connectivity index (χ3n) is 3.97. The fourth-order valence-electron chi connectivity index (χ4n) is 2.95. The Morgan fingerprint density at radius 3 is 2.86 bits per heavy atom. The lowest BCUT2D eigenvalue weighted by molar-refractivity contribution is 0.621. The Hall–Kier alpha value is -2.27. The van der Waals surface area contributed by atoms with Crippen molar-refractivity contribution in [1.82, 2.24) is 24.9 Å². The predicted molar refractivity (Wildman–Crippen MR) is 80.9 cm³/mol. The highest BCUT2D eigenvalue weighted by Crippen LogP contribution is 2.26. The van der Waals surface area contributed by atoms with Crippen LogP contribution in [0.5, 0.6) is 0 Å². The summed E-state index contributed by atoms with van der Waals surface area (Å²) in [4.78, 5) is 8.70. The van der Waals surface area contributed by atoms with Crippen molar-refractivity contribution in [2.75, 3.05) is 6.54 Å². The zero-order chi connectivity index (χ0) is 14.2. The lowest BCUT2D eigenvalue weighted by Gasteiger charge is -2.06. The van der Waals surface area contributed by atoms with Crippen LogP contribution in [0.25, 0.3) is 16.9 Å². The predicted octanol–water partition coefficient (Wildman–Crippen LogP) is 2.52. The molecule has 1 aliphatic heterocycles. The summed E-state index contributed by atoms with van der Waals surface area (Å²) in [7, 11) is 0. The molecule has 1 unspecified atom stereocenters. The maximum atomic E-state index is 4.78. The molecule has 5 heteroatoms. The van der Waals surface area contributed by atoms with Gasteiger partial charge in [0.05, 0.1) is 17.4 Å². The lowest BCUT2D eigenvalue weighted by Crippen LogP contribution is -2.13. The molecule has 1 aliphatic rings. The molecule has 0 aliphatic carbocycles. The van der Waals surface area contributed by atoms with Crippen molar-refractivity contribution < 1.29 is 0 Å². The maximum Gasteiger partial charge on any atom is 0.156 e. The molecule has 21 heavy (non-hydrogen) atoms. The fourth-order valence-corrected chi connectivity index (χ4v) is 2.95. The molecule has 1 N–H and O–H groups in total. The minimum absolute atomic E-state index is 0.359. The van der Waals surface area contributed by atoms with E-state index in [1.807, 2.05) is 23.6 Å². The first-order valence-corrected chi connectivity index (χ1v) is 7.32. The highest BCUT2D eigenvalue weighted by atomic mass is 15.3. The zero-order valence-corrected chi connectivity index (χ0v) is 12.0. The normalized spacial score (nSPS) is 18.4. The van der Waals surface area contributed by atoms with Crippen molar-refractivity contribution in [1.29, 1.82) is 0 Å². The van der Waals surface area contributed by atoms with Crippen LogP contribution in [-0.4, -0.2) is 26.1 Å². The summed E-state index contributed by atoms with van der Waals surface area (Å²) in [6, 6.07) is 8.53. The first-order valence-electron chi connectivity index (χ1n) is 7.32. The van der Waals surface area contributed by atoms with Crippen molar-refractivity contribution >= 4 is 5.65 Å². The van der Waals surface area contributed by atoms with Crippen LogP contribution in [0.2, 0.25) is 0 Å². The third kappa shape index (κ3) is 2.19. The lowest BCUT2D eigenvalue weighted by atomic mass is 10.1. The van der Waals surface area contributed by atoms with E-state index in [2.05, 4.69) is 27.4 Å². The molecule has 0 spiro atoms. The monoisotopic (exact) mass is 279 g/mol. The number of fused-ring (bicyclic) bond motifs is 1. The molecule has 0 bridgehead atoms. The average molecular weight is 279 g/mol. The van der Waals surface area contributed by atoms with Crippen LogP contribution in [0.1, 0.15) is 30.3 Å². The first kappa shape index (κ1) is 12.5. The summed E-state index contributed by atoms with van der Waals surface area (Å²) >= 11 is 0. The molecule has 5 nitrogen and oxygen atoms in total. The molecule has 0 radical (unpaired) electrons. The van der Waals surface area contributed by atoms with Gasteiger partial charge in [-0.3, -0.25) is 4.98 Å². The second-order valence-electron chi connectivity index (χ2n) is 5.51. The van der Waals surface area contributed by atoms with E-state index >= 15 is 0 Å². The van der Waals surface area contributed by atoms with Crippen LogP contribution >= 0.6 is 0 Å². The summed E-state index contributed by atoms with van der Waals surface area (Å²) in [5, 5.41) is 8.28. The van der Waals surface area contributed by atoms with Crippen LogP contribution < -0.4 is 5.32 Å². The number of hydrogen-bond acceptors (Lipinski definition) is 4. The van der Waals surface area contributed by atoms with E-state index in [0.29, 0.717) is 6.04 Å². The second kappa shape index (κ2) is 4.93. The quantitative estimate of drug-likeness (QED) is 0.783. The Balaban J connectivity index is 1.89. The van der Waals surface area contributed by atoms with Crippen LogP contribution in [0.3, 0.4) is 0 Å². The summed E-state index contributed by atoms with van der Waals surface area (Å²) in [5.74, 6) is 0. The van der Waals surface area contributed by atoms with Gasteiger partial charge >= 0.3 is 0 Å². The van der Waals surface area contributed by atoms with Gasteiger partial charge in [-0.15, -0.1) is 0 Å². The summed E-state index contributed by atoms with van der Waals surface area (Å²) in [5.41, 5.74) is 5.16. The molecule has 0 aromatic carbocycles. The van der Waals surface area contributed by atoms with E-state index in [1.165, 1.54) is 6.42 Å². The molecular weight excluding hydrogens is 262 g/mol. The Labute approximate surface area is 123 Å². The van der Waals surface area contributed by atoms with Gasteiger partial charge in [0.2, 0.25) is 0 Å². The fraction of sp³-hybridized carbons (Fsp3) is 0.312. The first-order chi connectivity index (χ1) is 10.3. The number of hydrogen-bond donors (Lipinski definition) is 1. The molecular formula is C16H17N5. The highest BCUT2D eigenvalue weighted by Gasteiger charge is 2.20. The SMILES string of the molecule is Cc1cc(-c2ccncc2)n2nc(C3CCCN3)cc2n1. The molecule has 1 fully saturated rings. The van der Waals surface area contributed by atoms with Gasteiger partial charge in [-0.1, -0.05) is 0 Å². The van der Waals surface area contributed by atoms with Crippen LogP contribution in [0, 0.1) is 6.92 Å². The number of nitrogens with one attached hydrogen (secondary N) is 1. The number of aryl methyl sites for hydroxylation is 1. The van der Waals surface area contributed by atoms with E-state index in [9.17, 15) is 0 Å². The maximum absolute atomic E-state index is 4.78. The van der Waals surface area contributed by atoms with Gasteiger partial charge in [0.15, 0.2) is 5.65 Å². The molecule has 3 aromatic rings. The van der Waals surface area contributed by atoms with Crippen molar-refractivity contribution in [2.24, 2.45) is 0 Å². The van der Waals surface area contributed by atoms with Crippen molar-refractivity contribution in [3.8, 4) is 11.3 Å². The Kier molecular flexibility index (Phi) is 2.93. The van der Waals surface area contributed by atoms with Gasteiger partial charge < -0.3 is 5.32 Å². The smallest absolute Gasteiger partial charge is 0.156 e. The topological polar surface area (TPSA) is 55.1 Å². The van der Waals surface area contributed by atoms with E-state index < -0.39 is 0 Å². The molecule has 0 saturated carbocycles. The van der Waals surface area contributed by atoms with Crippen LogP contribution in [0.4, 0.5) is 0 Å². The van der Waals surface area contributed by atoms with Crippen molar-refractivity contribution in [2.45, 2.75) is 25.8 Å². The van der Waals surface area contributed by atoms with Gasteiger partial charge in [-0.05, 0) is 44.5 Å². The van der Waals surface area contributed by atoms with Gasteiger partial charge in [0, 0.05) is 29.7 Å². The molecule has 4 rings (SSSR count). The molecule has 106 valence electrons. The van der Waals surface area contributed by atoms with Gasteiger partial charge in [-0.25, -0.2) is 9.50 Å². The Morgan fingerprint density at radius 1 is 1.24 bits per heavy atom. The second-order valence-corrected chi connectivity index (χ2v) is 5.51. The summed E-state index contributed by atoms with van der Waals surface area (Å²) < 4.78 is 1.94.